The van der Waals surface area contributed by atoms with Gasteiger partial charge in [-0.2, -0.15) is 10.2 Å². The molecule has 0 saturated carbocycles. The van der Waals surface area contributed by atoms with Gasteiger partial charge in [0.15, 0.2) is 0 Å². The van der Waals surface area contributed by atoms with Crippen LogP contribution in [0.4, 0.5) is 5.69 Å². The Balaban J connectivity index is 1.59. The summed E-state index contributed by atoms with van der Waals surface area (Å²) in [5.74, 6) is 1.61. The van der Waals surface area contributed by atoms with Crippen LogP contribution in [0.1, 0.15) is 5.56 Å². The van der Waals surface area contributed by atoms with E-state index >= 15 is 0 Å². The first-order valence-electron chi connectivity index (χ1n) is 7.14. The third-order valence-electron chi connectivity index (χ3n) is 3.10. The van der Waals surface area contributed by atoms with Crippen LogP contribution >= 0.6 is 0 Å². The summed E-state index contributed by atoms with van der Waals surface area (Å²) in [6.07, 6.45) is 0. The van der Waals surface area contributed by atoms with Crippen molar-refractivity contribution < 1.29 is 4.74 Å². The molecule has 0 atom stereocenters. The Bertz CT molecular complexity index is 722. The fourth-order valence-electron chi connectivity index (χ4n) is 1.99. The van der Waals surface area contributed by atoms with Crippen LogP contribution < -0.4 is 4.74 Å². The van der Waals surface area contributed by atoms with E-state index in [1.807, 2.05) is 84.9 Å². The fraction of sp³-hybridized carbons (Fsp3) is 0.0526. The molecular weight excluding hydrogens is 272 g/mol. The van der Waals surface area contributed by atoms with Crippen molar-refractivity contribution in [1.29, 1.82) is 0 Å². The summed E-state index contributed by atoms with van der Waals surface area (Å²) < 4.78 is 5.73. The third-order valence-corrected chi connectivity index (χ3v) is 3.10. The molecule has 0 amide bonds. The van der Waals surface area contributed by atoms with Gasteiger partial charge in [-0.3, -0.25) is 0 Å². The maximum absolute atomic E-state index is 5.73. The van der Waals surface area contributed by atoms with Crippen LogP contribution in [-0.4, -0.2) is 0 Å². The number of benzene rings is 3. The van der Waals surface area contributed by atoms with Gasteiger partial charge < -0.3 is 4.74 Å². The molecule has 0 N–H and O–H groups in total. The summed E-state index contributed by atoms with van der Waals surface area (Å²) in [4.78, 5) is 0. The van der Waals surface area contributed by atoms with Gasteiger partial charge in [-0.15, -0.1) is 0 Å². The summed E-state index contributed by atoms with van der Waals surface area (Å²) in [5.41, 5.74) is 1.96. The molecule has 3 heteroatoms. The first kappa shape index (κ1) is 14.0. The molecule has 0 aliphatic heterocycles. The minimum Gasteiger partial charge on any atom is -0.457 e. The van der Waals surface area contributed by atoms with Crippen molar-refractivity contribution >= 4 is 5.69 Å². The van der Waals surface area contributed by atoms with Crippen molar-refractivity contribution in [2.45, 2.75) is 6.54 Å². The van der Waals surface area contributed by atoms with Crippen LogP contribution in [-0.2, 0) is 6.54 Å². The topological polar surface area (TPSA) is 34.0 Å². The molecule has 108 valence electrons. The number of hydrogen-bond donors (Lipinski definition) is 0. The Kier molecular flexibility index (Phi) is 4.57. The second-order valence-electron chi connectivity index (χ2n) is 4.79. The summed E-state index contributed by atoms with van der Waals surface area (Å²) in [7, 11) is 0. The summed E-state index contributed by atoms with van der Waals surface area (Å²) in [6, 6.07) is 27.3. The number of azo groups is 1. The Labute approximate surface area is 129 Å². The lowest BCUT2D eigenvalue weighted by molar-refractivity contribution is 0.483. The largest absolute Gasteiger partial charge is 0.457 e. The van der Waals surface area contributed by atoms with E-state index in [-0.39, 0.29) is 0 Å². The zero-order valence-corrected chi connectivity index (χ0v) is 12.1. The molecular formula is C19H16N2O. The van der Waals surface area contributed by atoms with Crippen LogP contribution in [0.3, 0.4) is 0 Å². The second kappa shape index (κ2) is 7.18. The molecule has 3 aromatic rings. The average molecular weight is 288 g/mol. The van der Waals surface area contributed by atoms with Crippen molar-refractivity contribution in [3.8, 4) is 11.5 Å². The minimum atomic E-state index is 0.586. The molecule has 0 aliphatic carbocycles. The predicted molar refractivity (Wildman–Crippen MR) is 87.6 cm³/mol. The summed E-state index contributed by atoms with van der Waals surface area (Å²) in [5, 5.41) is 8.43. The van der Waals surface area contributed by atoms with E-state index in [1.165, 1.54) is 0 Å². The quantitative estimate of drug-likeness (QED) is 0.549. The van der Waals surface area contributed by atoms with Gasteiger partial charge in [0.25, 0.3) is 0 Å². The SMILES string of the molecule is c1ccc(CN=Nc2ccc(Oc3ccccc3)cc2)cc1. The number of nitrogens with zero attached hydrogens (tertiary/aromatic N) is 2. The van der Waals surface area contributed by atoms with Crippen LogP contribution in [0.25, 0.3) is 0 Å². The highest BCUT2D eigenvalue weighted by molar-refractivity contribution is 5.42. The molecule has 3 rings (SSSR count). The molecule has 0 spiro atoms. The Morgan fingerprint density at radius 1 is 0.636 bits per heavy atom. The fourth-order valence-corrected chi connectivity index (χ4v) is 1.99. The van der Waals surface area contributed by atoms with Crippen LogP contribution in [0.15, 0.2) is 95.2 Å². The van der Waals surface area contributed by atoms with E-state index in [9.17, 15) is 0 Å². The second-order valence-corrected chi connectivity index (χ2v) is 4.79. The summed E-state index contributed by atoms with van der Waals surface area (Å²) in [6.45, 7) is 0.586. The van der Waals surface area contributed by atoms with Gasteiger partial charge in [-0.25, -0.2) is 0 Å². The minimum absolute atomic E-state index is 0.586. The molecule has 0 bridgehead atoms. The third kappa shape index (κ3) is 4.03. The summed E-state index contributed by atoms with van der Waals surface area (Å²) >= 11 is 0. The lowest BCUT2D eigenvalue weighted by atomic mass is 10.2. The van der Waals surface area contributed by atoms with Crippen molar-refractivity contribution in [1.82, 2.24) is 0 Å². The van der Waals surface area contributed by atoms with E-state index in [1.54, 1.807) is 0 Å². The lowest BCUT2D eigenvalue weighted by Crippen LogP contribution is -1.82. The molecule has 0 unspecified atom stereocenters. The van der Waals surface area contributed by atoms with E-state index < -0.39 is 0 Å². The highest BCUT2D eigenvalue weighted by Crippen LogP contribution is 2.23. The van der Waals surface area contributed by atoms with Gasteiger partial charge in [-0.05, 0) is 42.0 Å². The molecule has 0 aliphatic rings. The van der Waals surface area contributed by atoms with E-state index in [0.29, 0.717) is 6.54 Å². The van der Waals surface area contributed by atoms with Crippen molar-refractivity contribution in [2.24, 2.45) is 10.2 Å². The smallest absolute Gasteiger partial charge is 0.127 e. The lowest BCUT2D eigenvalue weighted by Gasteiger charge is -2.04. The highest BCUT2D eigenvalue weighted by Gasteiger charge is 1.96. The van der Waals surface area contributed by atoms with E-state index in [0.717, 1.165) is 22.7 Å². The number of ether oxygens (including phenoxy) is 1. The molecule has 3 nitrogen and oxygen atoms in total. The molecule has 0 saturated heterocycles. The van der Waals surface area contributed by atoms with E-state index in [2.05, 4.69) is 10.2 Å². The van der Waals surface area contributed by atoms with Crippen molar-refractivity contribution in [3.63, 3.8) is 0 Å². The Morgan fingerprint density at radius 3 is 1.91 bits per heavy atom. The molecule has 22 heavy (non-hydrogen) atoms. The normalized spacial score (nSPS) is 10.7. The average Bonchev–Trinajstić information content (AvgIpc) is 2.58. The predicted octanol–water partition coefficient (Wildman–Crippen LogP) is 5.76. The zero-order valence-electron chi connectivity index (χ0n) is 12.1. The van der Waals surface area contributed by atoms with Crippen LogP contribution in [0.5, 0.6) is 11.5 Å². The Hall–Kier alpha value is -2.94. The van der Waals surface area contributed by atoms with Gasteiger partial charge in [-0.1, -0.05) is 48.5 Å². The number of rotatable bonds is 5. The highest BCUT2D eigenvalue weighted by atomic mass is 16.5. The molecule has 0 fully saturated rings. The maximum atomic E-state index is 5.73. The van der Waals surface area contributed by atoms with Gasteiger partial charge in [0.05, 0.1) is 12.2 Å². The molecule has 0 heterocycles. The molecule has 3 aromatic carbocycles. The first-order valence-corrected chi connectivity index (χ1v) is 7.14. The standard InChI is InChI=1S/C19H16N2O/c1-3-7-16(8-4-1)15-20-21-17-11-13-19(14-12-17)22-18-9-5-2-6-10-18/h1-14H,15H2. The number of para-hydroxylation sites is 1. The van der Waals surface area contributed by atoms with Crippen LogP contribution in [0, 0.1) is 0 Å². The maximum Gasteiger partial charge on any atom is 0.127 e. The monoisotopic (exact) mass is 288 g/mol. The van der Waals surface area contributed by atoms with Crippen LogP contribution in [0.2, 0.25) is 0 Å². The Morgan fingerprint density at radius 2 is 1.23 bits per heavy atom. The van der Waals surface area contributed by atoms with Gasteiger partial charge in [0, 0.05) is 0 Å². The molecule has 0 aromatic heterocycles. The van der Waals surface area contributed by atoms with Gasteiger partial charge in [0.2, 0.25) is 0 Å². The van der Waals surface area contributed by atoms with Gasteiger partial charge in [0.1, 0.15) is 11.5 Å². The van der Waals surface area contributed by atoms with Crippen molar-refractivity contribution in [2.75, 3.05) is 0 Å². The van der Waals surface area contributed by atoms with Gasteiger partial charge >= 0.3 is 0 Å². The number of hydrogen-bond acceptors (Lipinski definition) is 3. The zero-order chi connectivity index (χ0) is 15.0. The first-order chi connectivity index (χ1) is 10.9. The van der Waals surface area contributed by atoms with E-state index in [4.69, 9.17) is 4.74 Å². The molecule has 0 radical (unpaired) electrons. The van der Waals surface area contributed by atoms with Crippen molar-refractivity contribution in [3.05, 3.63) is 90.5 Å².